The third-order valence-electron chi connectivity index (χ3n) is 4.46. The van der Waals surface area contributed by atoms with Crippen LogP contribution in [-0.4, -0.2) is 47.0 Å². The van der Waals surface area contributed by atoms with Crippen LogP contribution in [0.5, 0.6) is 23.0 Å². The number of rotatable bonds is 10. The van der Waals surface area contributed by atoms with Gasteiger partial charge in [-0.15, -0.1) is 0 Å². The number of methoxy groups -OCH3 is 3. The van der Waals surface area contributed by atoms with Crippen molar-refractivity contribution < 1.29 is 23.3 Å². The highest BCUT2D eigenvalue weighted by molar-refractivity contribution is 5.79. The van der Waals surface area contributed by atoms with Crippen molar-refractivity contribution in [3.05, 3.63) is 47.8 Å². The Balaban J connectivity index is 1.95. The predicted octanol–water partition coefficient (Wildman–Crippen LogP) is 3.37. The Hall–Kier alpha value is -3.16. The molecule has 0 aliphatic rings. The second-order valence-corrected chi connectivity index (χ2v) is 6.45. The number of ether oxygens (including phenoxy) is 4. The second kappa shape index (κ2) is 11.7. The molecule has 164 valence electrons. The van der Waals surface area contributed by atoms with Gasteiger partial charge in [0.25, 0.3) is 0 Å². The zero-order valence-electron chi connectivity index (χ0n) is 18.1. The largest absolute Gasteiger partial charge is 0.493 e. The lowest BCUT2D eigenvalue weighted by molar-refractivity contribution is 0.199. The first-order valence-corrected chi connectivity index (χ1v) is 9.70. The van der Waals surface area contributed by atoms with Crippen LogP contribution in [0.25, 0.3) is 0 Å². The zero-order chi connectivity index (χ0) is 21.9. The molecule has 0 aromatic heterocycles. The molecule has 2 aromatic rings. The molecule has 0 fully saturated rings. The maximum absolute atomic E-state index is 13.4. The molecule has 0 radical (unpaired) electrons. The summed E-state index contributed by atoms with van der Waals surface area (Å²) in [6, 6.07) is 9.89. The molecule has 2 rings (SSSR count). The van der Waals surface area contributed by atoms with Crippen molar-refractivity contribution in [1.29, 1.82) is 0 Å². The quantitative estimate of drug-likeness (QED) is 0.454. The minimum absolute atomic E-state index is 0.133. The lowest BCUT2D eigenvalue weighted by Gasteiger charge is -2.20. The van der Waals surface area contributed by atoms with E-state index in [1.807, 2.05) is 19.1 Å². The monoisotopic (exact) mass is 419 g/mol. The third-order valence-corrected chi connectivity index (χ3v) is 4.46. The Morgan fingerprint density at radius 1 is 1.03 bits per heavy atom. The van der Waals surface area contributed by atoms with Crippen LogP contribution >= 0.6 is 0 Å². The van der Waals surface area contributed by atoms with Gasteiger partial charge in [-0.05, 0) is 36.2 Å². The van der Waals surface area contributed by atoms with Gasteiger partial charge in [-0.25, -0.2) is 4.39 Å². The lowest BCUT2D eigenvalue weighted by Crippen LogP contribution is -2.42. The van der Waals surface area contributed by atoms with Gasteiger partial charge in [-0.2, -0.15) is 0 Å². The molecule has 0 spiro atoms. The molecule has 0 aliphatic heterocycles. The number of hydrogen-bond donors (Lipinski definition) is 2. The first-order chi connectivity index (χ1) is 14.5. The van der Waals surface area contributed by atoms with E-state index >= 15 is 0 Å². The van der Waals surface area contributed by atoms with Gasteiger partial charge in [-0.3, -0.25) is 4.99 Å². The van der Waals surface area contributed by atoms with Crippen LogP contribution in [-0.2, 0) is 6.54 Å². The van der Waals surface area contributed by atoms with E-state index in [9.17, 15) is 4.39 Å². The van der Waals surface area contributed by atoms with E-state index in [0.717, 1.165) is 12.0 Å². The number of halogens is 1. The third kappa shape index (κ3) is 6.43. The van der Waals surface area contributed by atoms with E-state index in [1.54, 1.807) is 40.5 Å². The number of guanidine groups is 1. The highest BCUT2D eigenvalue weighted by atomic mass is 19.1. The van der Waals surface area contributed by atoms with Crippen LogP contribution in [0.15, 0.2) is 41.4 Å². The topological polar surface area (TPSA) is 73.3 Å². The summed E-state index contributed by atoms with van der Waals surface area (Å²) in [5, 5.41) is 6.49. The molecule has 0 heterocycles. The summed E-state index contributed by atoms with van der Waals surface area (Å²) in [7, 11) is 6.43. The van der Waals surface area contributed by atoms with Crippen molar-refractivity contribution in [2.75, 3.05) is 34.9 Å². The highest BCUT2D eigenvalue weighted by Crippen LogP contribution is 2.38. The summed E-state index contributed by atoms with van der Waals surface area (Å²) in [6.45, 7) is 3.03. The first kappa shape index (κ1) is 23.1. The molecule has 0 bridgehead atoms. The Kier molecular flexibility index (Phi) is 9.05. The molecular weight excluding hydrogens is 389 g/mol. The summed E-state index contributed by atoms with van der Waals surface area (Å²) in [4.78, 5) is 4.24. The molecule has 0 saturated carbocycles. The second-order valence-electron chi connectivity index (χ2n) is 6.45. The van der Waals surface area contributed by atoms with Crippen LogP contribution in [0.3, 0.4) is 0 Å². The van der Waals surface area contributed by atoms with Crippen LogP contribution in [0, 0.1) is 5.82 Å². The number of nitrogens with zero attached hydrogens (tertiary/aromatic N) is 1. The van der Waals surface area contributed by atoms with Gasteiger partial charge < -0.3 is 29.6 Å². The van der Waals surface area contributed by atoms with Crippen LogP contribution < -0.4 is 29.6 Å². The fourth-order valence-corrected chi connectivity index (χ4v) is 2.86. The Morgan fingerprint density at radius 3 is 2.27 bits per heavy atom. The van der Waals surface area contributed by atoms with Gasteiger partial charge in [-0.1, -0.05) is 13.0 Å². The van der Waals surface area contributed by atoms with Gasteiger partial charge in [0.2, 0.25) is 5.75 Å². The van der Waals surface area contributed by atoms with E-state index in [0.29, 0.717) is 42.0 Å². The molecule has 0 amide bonds. The summed E-state index contributed by atoms with van der Waals surface area (Å²) in [6.07, 6.45) is 0.624. The van der Waals surface area contributed by atoms with Crippen LogP contribution in [0.2, 0.25) is 0 Å². The minimum atomic E-state index is -0.321. The molecule has 8 heteroatoms. The molecule has 2 N–H and O–H groups in total. The molecule has 0 saturated heterocycles. The maximum atomic E-state index is 13.4. The SMILES string of the molecule is CCC(CNC(=NC)NCc1cc(OC)c(OC)c(OC)c1)Oc1cccc(F)c1. The average Bonchev–Trinajstić information content (AvgIpc) is 2.77. The van der Waals surface area contributed by atoms with Crippen molar-refractivity contribution in [3.8, 4) is 23.0 Å². The number of aliphatic imine (C=N–C) groups is 1. The molecule has 1 atom stereocenters. The minimum Gasteiger partial charge on any atom is -0.493 e. The van der Waals surface area contributed by atoms with Crippen molar-refractivity contribution in [2.24, 2.45) is 4.99 Å². The Morgan fingerprint density at radius 2 is 1.73 bits per heavy atom. The summed E-state index contributed by atoms with van der Waals surface area (Å²) in [5.41, 5.74) is 0.940. The molecule has 2 aromatic carbocycles. The van der Waals surface area contributed by atoms with Crippen molar-refractivity contribution in [3.63, 3.8) is 0 Å². The van der Waals surface area contributed by atoms with E-state index in [1.165, 1.54) is 12.1 Å². The molecule has 7 nitrogen and oxygen atoms in total. The van der Waals surface area contributed by atoms with Crippen molar-refractivity contribution in [1.82, 2.24) is 10.6 Å². The van der Waals surface area contributed by atoms with Crippen molar-refractivity contribution in [2.45, 2.75) is 26.0 Å². The summed E-state index contributed by atoms with van der Waals surface area (Å²) in [5.74, 6) is 2.52. The molecule has 30 heavy (non-hydrogen) atoms. The molecular formula is C22H30FN3O4. The van der Waals surface area contributed by atoms with E-state index in [2.05, 4.69) is 15.6 Å². The van der Waals surface area contributed by atoms with E-state index in [4.69, 9.17) is 18.9 Å². The maximum Gasteiger partial charge on any atom is 0.203 e. The van der Waals surface area contributed by atoms with E-state index < -0.39 is 0 Å². The number of benzene rings is 2. The zero-order valence-corrected chi connectivity index (χ0v) is 18.1. The normalized spacial score (nSPS) is 12.1. The summed E-state index contributed by atoms with van der Waals surface area (Å²) >= 11 is 0. The van der Waals surface area contributed by atoms with E-state index in [-0.39, 0.29) is 11.9 Å². The van der Waals surface area contributed by atoms with Crippen molar-refractivity contribution >= 4 is 5.96 Å². The average molecular weight is 419 g/mol. The molecule has 1 unspecified atom stereocenters. The van der Waals surface area contributed by atoms with Gasteiger partial charge in [0.1, 0.15) is 17.7 Å². The molecule has 0 aliphatic carbocycles. The van der Waals surface area contributed by atoms with Crippen LogP contribution in [0.1, 0.15) is 18.9 Å². The fraction of sp³-hybridized carbons (Fsp3) is 0.409. The van der Waals surface area contributed by atoms with Crippen LogP contribution in [0.4, 0.5) is 4.39 Å². The summed E-state index contributed by atoms with van der Waals surface area (Å²) < 4.78 is 35.3. The first-order valence-electron chi connectivity index (χ1n) is 9.70. The highest BCUT2D eigenvalue weighted by Gasteiger charge is 2.14. The van der Waals surface area contributed by atoms with Gasteiger partial charge in [0, 0.05) is 19.7 Å². The van der Waals surface area contributed by atoms with Gasteiger partial charge in [0.05, 0.1) is 27.9 Å². The van der Waals surface area contributed by atoms with Gasteiger partial charge in [0.15, 0.2) is 17.5 Å². The number of nitrogens with one attached hydrogen (secondary N) is 2. The smallest absolute Gasteiger partial charge is 0.203 e. The fourth-order valence-electron chi connectivity index (χ4n) is 2.86. The number of hydrogen-bond acceptors (Lipinski definition) is 5. The lowest BCUT2D eigenvalue weighted by atomic mass is 10.2. The Bertz CT molecular complexity index is 820. The predicted molar refractivity (Wildman–Crippen MR) is 115 cm³/mol. The van der Waals surface area contributed by atoms with Gasteiger partial charge >= 0.3 is 0 Å². The Labute approximate surface area is 177 Å². The standard InChI is InChI=1S/C22H30FN3O4/c1-6-17(30-18-9-7-8-16(23)12-18)14-26-22(24-2)25-13-15-10-19(27-3)21(29-5)20(11-15)28-4/h7-12,17H,6,13-14H2,1-5H3,(H2,24,25,26).